The van der Waals surface area contributed by atoms with Crippen LogP contribution in [0.4, 0.5) is 11.5 Å². The molecule has 7 nitrogen and oxygen atoms in total. The molecule has 0 saturated heterocycles. The maximum Gasteiger partial charge on any atom is 0.257 e. The molecule has 0 fully saturated rings. The summed E-state index contributed by atoms with van der Waals surface area (Å²) < 4.78 is 0. The number of amides is 1. The quantitative estimate of drug-likeness (QED) is 0.591. The van der Waals surface area contributed by atoms with Gasteiger partial charge in [0.2, 0.25) is 5.96 Å². The van der Waals surface area contributed by atoms with Crippen molar-refractivity contribution < 1.29 is 4.79 Å². The van der Waals surface area contributed by atoms with E-state index in [1.807, 2.05) is 25.1 Å². The van der Waals surface area contributed by atoms with Gasteiger partial charge >= 0.3 is 0 Å². The highest BCUT2D eigenvalue weighted by atomic mass is 16.1. The fourth-order valence-corrected chi connectivity index (χ4v) is 1.68. The number of nitrogens with two attached hydrogens (primary N) is 2. The molecule has 2 aromatic rings. The van der Waals surface area contributed by atoms with Crippen molar-refractivity contribution >= 4 is 29.2 Å². The minimum absolute atomic E-state index is 0.0262. The number of benzene rings is 1. The van der Waals surface area contributed by atoms with E-state index in [4.69, 9.17) is 11.5 Å². The van der Waals surface area contributed by atoms with E-state index in [-0.39, 0.29) is 11.9 Å². The van der Waals surface area contributed by atoms with Crippen molar-refractivity contribution in [3.63, 3.8) is 0 Å². The summed E-state index contributed by atoms with van der Waals surface area (Å²) >= 11 is 0. The Labute approximate surface area is 134 Å². The van der Waals surface area contributed by atoms with Crippen LogP contribution in [0.25, 0.3) is 0 Å². The molecule has 5 N–H and O–H groups in total. The monoisotopic (exact) mass is 310 g/mol. The fourth-order valence-electron chi connectivity index (χ4n) is 1.68. The summed E-state index contributed by atoms with van der Waals surface area (Å²) in [5.74, 6) is 0.523. The van der Waals surface area contributed by atoms with E-state index in [0.29, 0.717) is 29.3 Å². The standard InChI is InChI=1S/C16H18N6O/c1-2-13(17)21-16(18)22-14-9-8-11(10-19-14)15(23)20-12-6-4-3-5-7-12/h3-10H,2H2,1H3,(H,20,23)(H4,17,18,19,21,22). The number of rotatable bonds is 4. The normalized spacial score (nSPS) is 12.0. The van der Waals surface area contributed by atoms with E-state index in [1.165, 1.54) is 6.20 Å². The first-order chi connectivity index (χ1) is 11.1. The predicted octanol–water partition coefficient (Wildman–Crippen LogP) is 2.05. The summed E-state index contributed by atoms with van der Waals surface area (Å²) in [6.45, 7) is 1.87. The SMILES string of the molecule is CC/C(N)=N/C(N)=Nc1ccc(C(=O)Nc2ccccc2)cn1. The van der Waals surface area contributed by atoms with Crippen LogP contribution in [0.2, 0.25) is 0 Å². The van der Waals surface area contributed by atoms with Gasteiger partial charge in [0.1, 0.15) is 5.84 Å². The van der Waals surface area contributed by atoms with E-state index in [2.05, 4.69) is 20.3 Å². The van der Waals surface area contributed by atoms with Gasteiger partial charge in [-0.3, -0.25) is 4.79 Å². The van der Waals surface area contributed by atoms with Crippen LogP contribution in [0, 0.1) is 0 Å². The van der Waals surface area contributed by atoms with Crippen molar-refractivity contribution in [2.24, 2.45) is 21.5 Å². The van der Waals surface area contributed by atoms with Crippen molar-refractivity contribution in [3.8, 4) is 0 Å². The Hall–Kier alpha value is -3.22. The molecule has 23 heavy (non-hydrogen) atoms. The Morgan fingerprint density at radius 2 is 1.91 bits per heavy atom. The zero-order valence-corrected chi connectivity index (χ0v) is 12.7. The van der Waals surface area contributed by atoms with E-state index < -0.39 is 0 Å². The minimum Gasteiger partial charge on any atom is -0.387 e. The second kappa shape index (κ2) is 7.69. The topological polar surface area (TPSA) is 119 Å². The third-order valence-corrected chi connectivity index (χ3v) is 2.89. The maximum atomic E-state index is 12.1. The Balaban J connectivity index is 2.07. The number of pyridine rings is 1. The lowest BCUT2D eigenvalue weighted by molar-refractivity contribution is 0.102. The van der Waals surface area contributed by atoms with Crippen molar-refractivity contribution in [1.82, 2.24) is 4.98 Å². The van der Waals surface area contributed by atoms with Gasteiger partial charge in [-0.1, -0.05) is 25.1 Å². The molecule has 1 aromatic heterocycles. The first-order valence-electron chi connectivity index (χ1n) is 7.08. The van der Waals surface area contributed by atoms with E-state index in [9.17, 15) is 4.79 Å². The number of nitrogens with one attached hydrogen (secondary N) is 1. The van der Waals surface area contributed by atoms with Crippen molar-refractivity contribution in [2.75, 3.05) is 5.32 Å². The first kappa shape index (κ1) is 16.2. The summed E-state index contributed by atoms with van der Waals surface area (Å²) in [5, 5.41) is 2.77. The Morgan fingerprint density at radius 3 is 2.52 bits per heavy atom. The van der Waals surface area contributed by atoms with Gasteiger partial charge in [-0.25, -0.2) is 9.98 Å². The number of anilines is 1. The van der Waals surface area contributed by atoms with Crippen LogP contribution in [0.15, 0.2) is 58.6 Å². The summed E-state index contributed by atoms with van der Waals surface area (Å²) in [6.07, 6.45) is 2.01. The molecular formula is C16H18N6O. The van der Waals surface area contributed by atoms with Crippen LogP contribution in [0.3, 0.4) is 0 Å². The molecule has 0 aliphatic rings. The number of amidine groups is 1. The lowest BCUT2D eigenvalue weighted by Crippen LogP contribution is -2.17. The summed E-state index contributed by atoms with van der Waals surface area (Å²) in [7, 11) is 0. The van der Waals surface area contributed by atoms with E-state index >= 15 is 0 Å². The summed E-state index contributed by atoms with van der Waals surface area (Å²) in [5.41, 5.74) is 12.4. The molecule has 0 unspecified atom stereocenters. The second-order valence-corrected chi connectivity index (χ2v) is 4.65. The highest BCUT2D eigenvalue weighted by Gasteiger charge is 2.06. The molecular weight excluding hydrogens is 292 g/mol. The predicted molar refractivity (Wildman–Crippen MR) is 91.8 cm³/mol. The fraction of sp³-hybridized carbons (Fsp3) is 0.125. The van der Waals surface area contributed by atoms with Crippen LogP contribution >= 0.6 is 0 Å². The van der Waals surface area contributed by atoms with Crippen molar-refractivity contribution in [2.45, 2.75) is 13.3 Å². The van der Waals surface area contributed by atoms with Crippen LogP contribution in [-0.2, 0) is 0 Å². The molecule has 2 rings (SSSR count). The number of carbonyl (C=O) groups is 1. The Bertz CT molecular complexity index is 722. The molecule has 0 radical (unpaired) electrons. The number of nitrogens with zero attached hydrogens (tertiary/aromatic N) is 3. The highest BCUT2D eigenvalue weighted by molar-refractivity contribution is 6.04. The largest absolute Gasteiger partial charge is 0.387 e. The summed E-state index contributed by atoms with van der Waals surface area (Å²) in [4.78, 5) is 24.1. The van der Waals surface area contributed by atoms with E-state index in [0.717, 1.165) is 0 Å². The highest BCUT2D eigenvalue weighted by Crippen LogP contribution is 2.11. The van der Waals surface area contributed by atoms with E-state index in [1.54, 1.807) is 24.3 Å². The van der Waals surface area contributed by atoms with Gasteiger partial charge in [-0.2, -0.15) is 4.99 Å². The molecule has 0 spiro atoms. The third kappa shape index (κ3) is 4.92. The molecule has 0 aliphatic carbocycles. The Morgan fingerprint density at radius 1 is 1.17 bits per heavy atom. The number of para-hydroxylation sites is 1. The summed E-state index contributed by atoms with van der Waals surface area (Å²) in [6, 6.07) is 12.4. The van der Waals surface area contributed by atoms with Crippen LogP contribution < -0.4 is 16.8 Å². The number of hydrogen-bond donors (Lipinski definition) is 3. The number of hydrogen-bond acceptors (Lipinski definition) is 3. The average Bonchev–Trinajstić information content (AvgIpc) is 2.56. The van der Waals surface area contributed by atoms with Gasteiger partial charge < -0.3 is 16.8 Å². The number of aliphatic imine (C=N–C) groups is 2. The third-order valence-electron chi connectivity index (χ3n) is 2.89. The van der Waals surface area contributed by atoms with Gasteiger partial charge in [-0.05, 0) is 24.3 Å². The van der Waals surface area contributed by atoms with Gasteiger partial charge in [0, 0.05) is 18.3 Å². The van der Waals surface area contributed by atoms with Gasteiger partial charge in [0.25, 0.3) is 5.91 Å². The molecule has 7 heteroatoms. The molecule has 1 aromatic carbocycles. The number of aromatic nitrogens is 1. The smallest absolute Gasteiger partial charge is 0.257 e. The molecule has 1 amide bonds. The zero-order chi connectivity index (χ0) is 16.7. The van der Waals surface area contributed by atoms with Gasteiger partial charge in [0.05, 0.1) is 5.56 Å². The lowest BCUT2D eigenvalue weighted by Gasteiger charge is -2.04. The minimum atomic E-state index is -0.250. The molecule has 0 bridgehead atoms. The molecule has 0 atom stereocenters. The molecule has 0 aliphatic heterocycles. The molecule has 1 heterocycles. The van der Waals surface area contributed by atoms with Crippen molar-refractivity contribution in [1.29, 1.82) is 0 Å². The first-order valence-corrected chi connectivity index (χ1v) is 7.08. The maximum absolute atomic E-state index is 12.1. The second-order valence-electron chi connectivity index (χ2n) is 4.65. The van der Waals surface area contributed by atoms with Crippen LogP contribution in [0.5, 0.6) is 0 Å². The Kier molecular flexibility index (Phi) is 5.40. The number of guanidine groups is 1. The van der Waals surface area contributed by atoms with Crippen LogP contribution in [-0.4, -0.2) is 22.7 Å². The van der Waals surface area contributed by atoms with Crippen molar-refractivity contribution in [3.05, 3.63) is 54.2 Å². The molecule has 118 valence electrons. The number of carbonyl (C=O) groups excluding carboxylic acids is 1. The molecule has 0 saturated carbocycles. The van der Waals surface area contributed by atoms with Gasteiger partial charge in [-0.15, -0.1) is 0 Å². The van der Waals surface area contributed by atoms with Crippen LogP contribution in [0.1, 0.15) is 23.7 Å². The zero-order valence-electron chi connectivity index (χ0n) is 12.7. The van der Waals surface area contributed by atoms with Gasteiger partial charge in [0.15, 0.2) is 5.82 Å². The average molecular weight is 310 g/mol. The lowest BCUT2D eigenvalue weighted by atomic mass is 10.2.